The first-order valence-corrected chi connectivity index (χ1v) is 12.0. The molecule has 8 nitrogen and oxygen atoms in total. The Hall–Kier alpha value is -2.16. The molecule has 1 aliphatic rings. The van der Waals surface area contributed by atoms with Gasteiger partial charge in [-0.25, -0.2) is 13.4 Å². The van der Waals surface area contributed by atoms with Crippen LogP contribution in [0, 0.1) is 11.8 Å². The first kappa shape index (κ1) is 21.5. The summed E-state index contributed by atoms with van der Waals surface area (Å²) in [7, 11) is -3.28. The number of nitrogens with zero attached hydrogens (tertiary/aromatic N) is 4. The van der Waals surface area contributed by atoms with E-state index < -0.39 is 9.84 Å². The van der Waals surface area contributed by atoms with E-state index in [-0.39, 0.29) is 10.9 Å². The highest BCUT2D eigenvalue weighted by Crippen LogP contribution is 2.29. The summed E-state index contributed by atoms with van der Waals surface area (Å²) in [5.41, 5.74) is 0. The van der Waals surface area contributed by atoms with Crippen molar-refractivity contribution in [3.63, 3.8) is 0 Å². The third-order valence-corrected chi connectivity index (χ3v) is 6.49. The average Bonchev–Trinajstić information content (AvgIpc) is 3.18. The molecule has 29 heavy (non-hydrogen) atoms. The van der Waals surface area contributed by atoms with Crippen LogP contribution in [0.1, 0.15) is 51.8 Å². The van der Waals surface area contributed by atoms with Gasteiger partial charge in [0, 0.05) is 25.3 Å². The van der Waals surface area contributed by atoms with Crippen molar-refractivity contribution in [3.8, 4) is 5.75 Å². The molecule has 0 N–H and O–H groups in total. The first-order valence-electron chi connectivity index (χ1n) is 10.1. The molecule has 0 unspecified atom stereocenters. The Morgan fingerprint density at radius 3 is 2.52 bits per heavy atom. The lowest BCUT2D eigenvalue weighted by molar-refractivity contribution is 0.220. The van der Waals surface area contributed by atoms with Crippen molar-refractivity contribution >= 4 is 15.9 Å². The van der Waals surface area contributed by atoms with Gasteiger partial charge in [0.05, 0.1) is 12.8 Å². The van der Waals surface area contributed by atoms with Gasteiger partial charge in [-0.2, -0.15) is 4.98 Å². The number of piperidine rings is 1. The van der Waals surface area contributed by atoms with Crippen molar-refractivity contribution in [2.24, 2.45) is 11.8 Å². The Labute approximate surface area is 172 Å². The Balaban J connectivity index is 1.42. The van der Waals surface area contributed by atoms with Crippen molar-refractivity contribution in [2.75, 3.05) is 30.9 Å². The molecular weight excluding hydrogens is 392 g/mol. The molecule has 9 heteroatoms. The fourth-order valence-corrected chi connectivity index (χ4v) is 4.08. The minimum atomic E-state index is -3.28. The van der Waals surface area contributed by atoms with E-state index in [2.05, 4.69) is 40.8 Å². The summed E-state index contributed by atoms with van der Waals surface area (Å²) in [6.45, 7) is 8.81. The molecule has 0 bridgehead atoms. The summed E-state index contributed by atoms with van der Waals surface area (Å²) in [6.07, 6.45) is 5.73. The molecule has 0 radical (unpaired) electrons. The van der Waals surface area contributed by atoms with Gasteiger partial charge < -0.3 is 14.2 Å². The number of rotatable bonds is 8. The van der Waals surface area contributed by atoms with Crippen LogP contribution in [-0.2, 0) is 9.84 Å². The van der Waals surface area contributed by atoms with Gasteiger partial charge in [0.15, 0.2) is 20.7 Å². The van der Waals surface area contributed by atoms with Gasteiger partial charge in [0.1, 0.15) is 5.75 Å². The molecule has 3 heterocycles. The molecule has 0 saturated carbocycles. The molecule has 1 saturated heterocycles. The summed E-state index contributed by atoms with van der Waals surface area (Å²) < 4.78 is 34.0. The van der Waals surface area contributed by atoms with E-state index in [9.17, 15) is 8.42 Å². The zero-order chi connectivity index (χ0) is 21.0. The molecule has 0 spiro atoms. The van der Waals surface area contributed by atoms with E-state index in [0.29, 0.717) is 30.2 Å². The number of pyridine rings is 1. The average molecular weight is 423 g/mol. The zero-order valence-electron chi connectivity index (χ0n) is 17.5. The fourth-order valence-electron chi connectivity index (χ4n) is 3.52. The lowest BCUT2D eigenvalue weighted by atomic mass is 9.84. The number of aromatic nitrogens is 3. The maximum atomic E-state index is 11.4. The van der Waals surface area contributed by atoms with E-state index in [4.69, 9.17) is 9.26 Å². The van der Waals surface area contributed by atoms with Crippen molar-refractivity contribution in [1.29, 1.82) is 0 Å². The molecule has 1 atom stereocenters. The van der Waals surface area contributed by atoms with Gasteiger partial charge in [0.25, 0.3) is 0 Å². The minimum Gasteiger partial charge on any atom is -0.492 e. The lowest BCUT2D eigenvalue weighted by Crippen LogP contribution is -2.36. The lowest BCUT2D eigenvalue weighted by Gasteiger charge is -2.33. The molecule has 3 rings (SSSR count). The van der Waals surface area contributed by atoms with Gasteiger partial charge in [0.2, 0.25) is 0 Å². The maximum Gasteiger partial charge on any atom is 0.324 e. The van der Waals surface area contributed by atoms with Crippen LogP contribution in [0.4, 0.5) is 6.01 Å². The van der Waals surface area contributed by atoms with Crippen molar-refractivity contribution < 1.29 is 17.7 Å². The highest BCUT2D eigenvalue weighted by atomic mass is 32.2. The molecule has 0 aliphatic carbocycles. The van der Waals surface area contributed by atoms with Crippen molar-refractivity contribution in [2.45, 2.75) is 51.0 Å². The Kier molecular flexibility index (Phi) is 6.77. The van der Waals surface area contributed by atoms with E-state index >= 15 is 0 Å². The fraction of sp³-hybridized carbons (Fsp3) is 0.650. The highest BCUT2D eigenvalue weighted by molar-refractivity contribution is 7.90. The number of ether oxygens (including phenoxy) is 1. The van der Waals surface area contributed by atoms with Crippen LogP contribution in [0.15, 0.2) is 27.9 Å². The third kappa shape index (κ3) is 5.68. The molecule has 1 fully saturated rings. The minimum absolute atomic E-state index is 0.0618. The SMILES string of the molecule is CC(C)c1noc(N2CCC([C@H](C)CCOc3ccc(S(C)(=O)=O)nc3)CC2)n1. The first-order chi connectivity index (χ1) is 13.7. The second-order valence-electron chi connectivity index (χ2n) is 8.13. The second kappa shape index (κ2) is 9.11. The quantitative estimate of drug-likeness (QED) is 0.639. The molecule has 2 aromatic heterocycles. The summed E-state index contributed by atoms with van der Waals surface area (Å²) in [5, 5.41) is 4.11. The van der Waals surface area contributed by atoms with Crippen LogP contribution < -0.4 is 9.64 Å². The molecule has 160 valence electrons. The van der Waals surface area contributed by atoms with E-state index in [1.807, 2.05) is 0 Å². The predicted octanol–water partition coefficient (Wildman–Crippen LogP) is 3.31. The normalized spacial score (nSPS) is 16.9. The van der Waals surface area contributed by atoms with Crippen LogP contribution in [0.3, 0.4) is 0 Å². The smallest absolute Gasteiger partial charge is 0.324 e. The third-order valence-electron chi connectivity index (χ3n) is 5.49. The van der Waals surface area contributed by atoms with Crippen LogP contribution >= 0.6 is 0 Å². The van der Waals surface area contributed by atoms with E-state index in [1.165, 1.54) is 12.3 Å². The Morgan fingerprint density at radius 1 is 1.24 bits per heavy atom. The standard InChI is InChI=1S/C20H30N4O4S/c1-14(2)19-22-20(28-23-19)24-10-7-16(8-11-24)15(3)9-12-27-17-5-6-18(21-13-17)29(4,25)26/h5-6,13-16H,7-12H2,1-4H3/t15-/m1/s1. The molecular formula is C20H30N4O4S. The largest absolute Gasteiger partial charge is 0.492 e. The van der Waals surface area contributed by atoms with E-state index in [1.54, 1.807) is 6.07 Å². The maximum absolute atomic E-state index is 11.4. The topological polar surface area (TPSA) is 98.4 Å². The van der Waals surface area contributed by atoms with Gasteiger partial charge >= 0.3 is 6.01 Å². The number of anilines is 1. The number of hydrogen-bond acceptors (Lipinski definition) is 8. The van der Waals surface area contributed by atoms with Crippen LogP contribution in [0.5, 0.6) is 5.75 Å². The monoisotopic (exact) mass is 422 g/mol. The summed E-state index contributed by atoms with van der Waals surface area (Å²) in [6, 6.07) is 3.77. The van der Waals surface area contributed by atoms with E-state index in [0.717, 1.165) is 44.4 Å². The predicted molar refractivity (Wildman–Crippen MR) is 110 cm³/mol. The van der Waals surface area contributed by atoms with Crippen molar-refractivity contribution in [1.82, 2.24) is 15.1 Å². The molecule has 1 aliphatic heterocycles. The van der Waals surface area contributed by atoms with Gasteiger partial charge in [-0.3, -0.25) is 0 Å². The zero-order valence-corrected chi connectivity index (χ0v) is 18.4. The molecule has 0 amide bonds. The van der Waals surface area contributed by atoms with Crippen LogP contribution in [0.25, 0.3) is 0 Å². The van der Waals surface area contributed by atoms with Gasteiger partial charge in [-0.05, 0) is 43.2 Å². The highest BCUT2D eigenvalue weighted by Gasteiger charge is 2.26. The Morgan fingerprint density at radius 2 is 1.97 bits per heavy atom. The summed E-state index contributed by atoms with van der Waals surface area (Å²) in [4.78, 5) is 10.6. The Bertz CT molecular complexity index is 887. The van der Waals surface area contributed by atoms with Crippen molar-refractivity contribution in [3.05, 3.63) is 24.2 Å². The molecule has 2 aromatic rings. The number of sulfone groups is 1. The number of hydrogen-bond donors (Lipinski definition) is 0. The van der Waals surface area contributed by atoms with Gasteiger partial charge in [-0.1, -0.05) is 25.9 Å². The second-order valence-corrected chi connectivity index (χ2v) is 10.1. The summed E-state index contributed by atoms with van der Waals surface area (Å²) >= 11 is 0. The van der Waals surface area contributed by atoms with Crippen LogP contribution in [0.2, 0.25) is 0 Å². The summed E-state index contributed by atoms with van der Waals surface area (Å²) in [5.74, 6) is 2.79. The van der Waals surface area contributed by atoms with Crippen LogP contribution in [-0.4, -0.2) is 49.5 Å². The van der Waals surface area contributed by atoms with Gasteiger partial charge in [-0.15, -0.1) is 0 Å². The molecule has 0 aromatic carbocycles.